The molecule has 0 unspecified atom stereocenters. The Kier molecular flexibility index (Phi) is 8.64. The second-order valence-electron chi connectivity index (χ2n) is 5.78. The van der Waals surface area contributed by atoms with Crippen molar-refractivity contribution in [3.8, 4) is 11.5 Å². The van der Waals surface area contributed by atoms with Crippen molar-refractivity contribution in [3.63, 3.8) is 0 Å². The molecule has 0 bridgehead atoms. The molecule has 2 aromatic carbocycles. The number of amides is 2. The van der Waals surface area contributed by atoms with E-state index in [0.29, 0.717) is 26.0 Å². The third-order valence-corrected chi connectivity index (χ3v) is 4.21. The summed E-state index contributed by atoms with van der Waals surface area (Å²) in [5.74, 6) is 1.27. The summed E-state index contributed by atoms with van der Waals surface area (Å²) in [5, 5.41) is 5.52. The predicted molar refractivity (Wildman–Crippen MR) is 108 cm³/mol. The monoisotopic (exact) mass is 434 g/mol. The predicted octanol–water partition coefficient (Wildman–Crippen LogP) is 3.76. The van der Waals surface area contributed by atoms with Crippen LogP contribution in [-0.2, 0) is 9.59 Å². The molecule has 27 heavy (non-hydrogen) atoms. The molecule has 6 nitrogen and oxygen atoms in total. The van der Waals surface area contributed by atoms with Gasteiger partial charge in [0, 0.05) is 29.5 Å². The average Bonchev–Trinajstić information content (AvgIpc) is 2.67. The van der Waals surface area contributed by atoms with E-state index in [0.717, 1.165) is 21.7 Å². The molecular weight excluding hydrogens is 412 g/mol. The lowest BCUT2D eigenvalue weighted by atomic mass is 10.3. The Bertz CT molecular complexity index is 733. The van der Waals surface area contributed by atoms with Gasteiger partial charge in [-0.05, 0) is 55.0 Å². The zero-order valence-electron chi connectivity index (χ0n) is 15.2. The Morgan fingerprint density at radius 2 is 1.59 bits per heavy atom. The molecule has 0 aliphatic rings. The fourth-order valence-corrected chi connectivity index (χ4v) is 2.52. The van der Waals surface area contributed by atoms with Crippen LogP contribution >= 0.6 is 15.9 Å². The lowest BCUT2D eigenvalue weighted by molar-refractivity contribution is -0.121. The van der Waals surface area contributed by atoms with Crippen LogP contribution in [0.15, 0.2) is 53.0 Å². The summed E-state index contributed by atoms with van der Waals surface area (Å²) < 4.78 is 11.6. The first-order valence-corrected chi connectivity index (χ1v) is 9.45. The minimum absolute atomic E-state index is 0.0928. The number of nitrogens with one attached hydrogen (secondary N) is 2. The Morgan fingerprint density at radius 1 is 0.926 bits per heavy atom. The molecule has 0 aliphatic heterocycles. The molecule has 0 aromatic heterocycles. The molecule has 0 saturated carbocycles. The fourth-order valence-electron chi connectivity index (χ4n) is 2.26. The zero-order valence-corrected chi connectivity index (χ0v) is 16.8. The van der Waals surface area contributed by atoms with Gasteiger partial charge >= 0.3 is 0 Å². The second kappa shape index (κ2) is 11.2. The molecule has 0 saturated heterocycles. The van der Waals surface area contributed by atoms with E-state index in [1.54, 1.807) is 7.11 Å². The van der Waals surface area contributed by atoms with E-state index in [1.165, 1.54) is 0 Å². The zero-order chi connectivity index (χ0) is 19.5. The highest BCUT2D eigenvalue weighted by Gasteiger charge is 2.05. The number of hydrogen-bond donors (Lipinski definition) is 2. The number of anilines is 1. The molecule has 0 atom stereocenters. The van der Waals surface area contributed by atoms with Crippen molar-refractivity contribution in [1.82, 2.24) is 5.32 Å². The minimum Gasteiger partial charge on any atom is -0.497 e. The molecule has 0 aliphatic carbocycles. The number of rotatable bonds is 10. The summed E-state index contributed by atoms with van der Waals surface area (Å²) in [6.07, 6.45) is 1.18. The summed E-state index contributed by atoms with van der Waals surface area (Å²) in [7, 11) is 1.61. The van der Waals surface area contributed by atoms with Crippen molar-refractivity contribution >= 4 is 33.4 Å². The van der Waals surface area contributed by atoms with Gasteiger partial charge in [0.1, 0.15) is 11.5 Å². The summed E-state index contributed by atoms with van der Waals surface area (Å²) >= 11 is 3.34. The minimum atomic E-state index is -0.138. The first-order chi connectivity index (χ1) is 13.1. The van der Waals surface area contributed by atoms with E-state index in [2.05, 4.69) is 26.6 Å². The first kappa shape index (κ1) is 20.8. The molecule has 2 amide bonds. The molecule has 144 valence electrons. The number of carbonyl (C=O) groups is 2. The third kappa shape index (κ3) is 8.13. The Labute approximate surface area is 167 Å². The van der Waals surface area contributed by atoms with Crippen molar-refractivity contribution in [2.24, 2.45) is 0 Å². The van der Waals surface area contributed by atoms with Gasteiger partial charge in [0.15, 0.2) is 0 Å². The number of methoxy groups -OCH3 is 1. The topological polar surface area (TPSA) is 76.7 Å². The van der Waals surface area contributed by atoms with Crippen molar-refractivity contribution in [3.05, 3.63) is 53.0 Å². The molecule has 0 fully saturated rings. The van der Waals surface area contributed by atoms with Gasteiger partial charge in [-0.1, -0.05) is 15.9 Å². The summed E-state index contributed by atoms with van der Waals surface area (Å²) in [6.45, 7) is 0.754. The van der Waals surface area contributed by atoms with Gasteiger partial charge in [-0.15, -0.1) is 0 Å². The van der Waals surface area contributed by atoms with Gasteiger partial charge < -0.3 is 20.1 Å². The highest BCUT2D eigenvalue weighted by Crippen LogP contribution is 2.17. The van der Waals surface area contributed by atoms with Crippen molar-refractivity contribution in [2.45, 2.75) is 19.3 Å². The number of hydrogen-bond acceptors (Lipinski definition) is 4. The van der Waals surface area contributed by atoms with Crippen molar-refractivity contribution < 1.29 is 19.1 Å². The molecular formula is C20H23BrN2O4. The molecule has 0 heterocycles. The van der Waals surface area contributed by atoms with Gasteiger partial charge in [-0.3, -0.25) is 9.59 Å². The van der Waals surface area contributed by atoms with Crippen LogP contribution in [0, 0.1) is 0 Å². The van der Waals surface area contributed by atoms with Crippen LogP contribution in [0.25, 0.3) is 0 Å². The van der Waals surface area contributed by atoms with E-state index in [1.807, 2.05) is 48.5 Å². The summed E-state index contributed by atoms with van der Waals surface area (Å²) in [6, 6.07) is 14.6. The van der Waals surface area contributed by atoms with E-state index in [9.17, 15) is 9.59 Å². The Balaban J connectivity index is 1.55. The fraction of sp³-hybridized carbons (Fsp3) is 0.300. The standard InChI is InChI=1S/C20H23BrN2O4/c1-26-17-8-10-18(11-9-17)27-14-2-3-19(24)22-13-12-20(25)23-16-6-4-15(21)5-7-16/h4-11H,2-3,12-14H2,1H3,(H,22,24)(H,23,25). The van der Waals surface area contributed by atoms with Crippen LogP contribution in [-0.4, -0.2) is 32.1 Å². The largest absolute Gasteiger partial charge is 0.497 e. The van der Waals surface area contributed by atoms with Crippen LogP contribution in [0.5, 0.6) is 11.5 Å². The molecule has 2 N–H and O–H groups in total. The maximum absolute atomic E-state index is 11.8. The smallest absolute Gasteiger partial charge is 0.226 e. The van der Waals surface area contributed by atoms with E-state index in [4.69, 9.17) is 9.47 Å². The van der Waals surface area contributed by atoms with Gasteiger partial charge in [-0.25, -0.2) is 0 Å². The van der Waals surface area contributed by atoms with Crippen molar-refractivity contribution in [1.29, 1.82) is 0 Å². The normalized spacial score (nSPS) is 10.1. The molecule has 2 rings (SSSR count). The Morgan fingerprint density at radius 3 is 2.26 bits per heavy atom. The number of ether oxygens (including phenoxy) is 2. The van der Waals surface area contributed by atoms with E-state index >= 15 is 0 Å². The van der Waals surface area contributed by atoms with E-state index < -0.39 is 0 Å². The van der Waals surface area contributed by atoms with E-state index in [-0.39, 0.29) is 18.2 Å². The maximum atomic E-state index is 11.8. The molecule has 0 spiro atoms. The summed E-state index contributed by atoms with van der Waals surface area (Å²) in [5.41, 5.74) is 0.727. The van der Waals surface area contributed by atoms with Crippen LogP contribution in [0.4, 0.5) is 5.69 Å². The molecule has 7 heteroatoms. The lowest BCUT2D eigenvalue weighted by Gasteiger charge is -2.08. The first-order valence-electron chi connectivity index (χ1n) is 8.66. The second-order valence-corrected chi connectivity index (χ2v) is 6.70. The number of halogens is 1. The van der Waals surface area contributed by atoms with Gasteiger partial charge in [0.05, 0.1) is 13.7 Å². The number of benzene rings is 2. The lowest BCUT2D eigenvalue weighted by Crippen LogP contribution is -2.27. The summed E-state index contributed by atoms with van der Waals surface area (Å²) in [4.78, 5) is 23.6. The van der Waals surface area contributed by atoms with Gasteiger partial charge in [-0.2, -0.15) is 0 Å². The van der Waals surface area contributed by atoms with Crippen LogP contribution in [0.3, 0.4) is 0 Å². The quantitative estimate of drug-likeness (QED) is 0.558. The SMILES string of the molecule is COc1ccc(OCCCC(=O)NCCC(=O)Nc2ccc(Br)cc2)cc1. The molecule has 2 aromatic rings. The number of carbonyl (C=O) groups excluding carboxylic acids is 2. The third-order valence-electron chi connectivity index (χ3n) is 3.68. The average molecular weight is 435 g/mol. The highest BCUT2D eigenvalue weighted by atomic mass is 79.9. The van der Waals surface area contributed by atoms with Crippen LogP contribution < -0.4 is 20.1 Å². The van der Waals surface area contributed by atoms with Crippen molar-refractivity contribution in [2.75, 3.05) is 25.6 Å². The van der Waals surface area contributed by atoms with Crippen LogP contribution in [0.2, 0.25) is 0 Å². The van der Waals surface area contributed by atoms with Gasteiger partial charge in [0.2, 0.25) is 11.8 Å². The Hall–Kier alpha value is -2.54. The maximum Gasteiger partial charge on any atom is 0.226 e. The van der Waals surface area contributed by atoms with Crippen LogP contribution in [0.1, 0.15) is 19.3 Å². The highest BCUT2D eigenvalue weighted by molar-refractivity contribution is 9.10. The van der Waals surface area contributed by atoms with Gasteiger partial charge in [0.25, 0.3) is 0 Å². The molecule has 0 radical (unpaired) electrons.